The fraction of sp³-hybridized carbons (Fsp3) is 0.263. The topological polar surface area (TPSA) is 59.9 Å². The molecule has 2 aromatic rings. The van der Waals surface area contributed by atoms with Gasteiger partial charge in [-0.15, -0.1) is 0 Å². The third kappa shape index (κ3) is 5.76. The van der Waals surface area contributed by atoms with Gasteiger partial charge in [0.2, 0.25) is 0 Å². The number of rotatable bonds is 7. The number of hydrogen-bond donors (Lipinski definition) is 1. The SMILES string of the molecule is CCOc1ccc(/C=N\NC(=O)COc2cc(C)cc(C)c2)cc1. The van der Waals surface area contributed by atoms with Gasteiger partial charge in [-0.3, -0.25) is 4.79 Å². The lowest BCUT2D eigenvalue weighted by Gasteiger charge is -2.07. The Balaban J connectivity index is 1.79. The van der Waals surface area contributed by atoms with Gasteiger partial charge in [0.25, 0.3) is 5.91 Å². The molecule has 0 saturated carbocycles. The summed E-state index contributed by atoms with van der Waals surface area (Å²) in [6.45, 7) is 6.46. The molecule has 2 rings (SSSR count). The molecule has 5 nitrogen and oxygen atoms in total. The van der Waals surface area contributed by atoms with Gasteiger partial charge in [-0.05, 0) is 73.9 Å². The Morgan fingerprint density at radius 2 is 1.71 bits per heavy atom. The molecule has 0 aliphatic rings. The van der Waals surface area contributed by atoms with Gasteiger partial charge in [0.1, 0.15) is 11.5 Å². The van der Waals surface area contributed by atoms with Gasteiger partial charge in [-0.1, -0.05) is 6.07 Å². The van der Waals surface area contributed by atoms with E-state index in [9.17, 15) is 4.79 Å². The smallest absolute Gasteiger partial charge is 0.277 e. The highest BCUT2D eigenvalue weighted by Crippen LogP contribution is 2.16. The van der Waals surface area contributed by atoms with Crippen LogP contribution >= 0.6 is 0 Å². The molecule has 0 radical (unpaired) electrons. The van der Waals surface area contributed by atoms with Crippen molar-refractivity contribution in [2.45, 2.75) is 20.8 Å². The molecule has 0 bridgehead atoms. The summed E-state index contributed by atoms with van der Waals surface area (Å²) in [5.41, 5.74) is 5.51. The van der Waals surface area contributed by atoms with Crippen molar-refractivity contribution in [2.24, 2.45) is 5.10 Å². The minimum Gasteiger partial charge on any atom is -0.494 e. The van der Waals surface area contributed by atoms with Crippen LogP contribution in [0.2, 0.25) is 0 Å². The van der Waals surface area contributed by atoms with Crippen LogP contribution in [-0.2, 0) is 4.79 Å². The molecule has 1 N–H and O–H groups in total. The van der Waals surface area contributed by atoms with Crippen LogP contribution in [0.3, 0.4) is 0 Å². The molecule has 0 aliphatic heterocycles. The number of nitrogens with zero attached hydrogens (tertiary/aromatic N) is 1. The van der Waals surface area contributed by atoms with Crippen LogP contribution in [0.1, 0.15) is 23.6 Å². The molecule has 0 saturated heterocycles. The fourth-order valence-electron chi connectivity index (χ4n) is 2.19. The number of aryl methyl sites for hydroxylation is 2. The molecule has 0 unspecified atom stereocenters. The monoisotopic (exact) mass is 326 g/mol. The first-order chi connectivity index (χ1) is 11.6. The molecule has 0 heterocycles. The van der Waals surface area contributed by atoms with Crippen LogP contribution in [0.4, 0.5) is 0 Å². The van der Waals surface area contributed by atoms with E-state index in [1.165, 1.54) is 0 Å². The molecular formula is C19H22N2O3. The highest BCUT2D eigenvalue weighted by atomic mass is 16.5. The van der Waals surface area contributed by atoms with Crippen LogP contribution in [0.25, 0.3) is 0 Å². The van der Waals surface area contributed by atoms with Crippen molar-refractivity contribution in [2.75, 3.05) is 13.2 Å². The van der Waals surface area contributed by atoms with E-state index in [1.807, 2.05) is 63.2 Å². The van der Waals surface area contributed by atoms with Gasteiger partial charge >= 0.3 is 0 Å². The third-order valence-corrected chi connectivity index (χ3v) is 3.16. The van der Waals surface area contributed by atoms with Crippen molar-refractivity contribution in [3.8, 4) is 11.5 Å². The van der Waals surface area contributed by atoms with Gasteiger partial charge in [0.05, 0.1) is 12.8 Å². The summed E-state index contributed by atoms with van der Waals surface area (Å²) < 4.78 is 10.8. The fourth-order valence-corrected chi connectivity index (χ4v) is 2.19. The van der Waals surface area contributed by atoms with Gasteiger partial charge < -0.3 is 9.47 Å². The summed E-state index contributed by atoms with van der Waals surface area (Å²) in [6, 6.07) is 13.3. The Labute approximate surface area is 142 Å². The first kappa shape index (κ1) is 17.5. The molecule has 0 aromatic heterocycles. The standard InChI is InChI=1S/C19H22N2O3/c1-4-23-17-7-5-16(6-8-17)12-20-21-19(22)13-24-18-10-14(2)9-15(3)11-18/h5-12H,4,13H2,1-3H3,(H,21,22)/b20-12-. The van der Waals surface area contributed by atoms with Crippen LogP contribution in [0.5, 0.6) is 11.5 Å². The Morgan fingerprint density at radius 3 is 2.33 bits per heavy atom. The van der Waals surface area contributed by atoms with E-state index in [1.54, 1.807) is 6.21 Å². The van der Waals surface area contributed by atoms with Crippen LogP contribution in [0, 0.1) is 13.8 Å². The first-order valence-electron chi connectivity index (χ1n) is 7.82. The average Bonchev–Trinajstić information content (AvgIpc) is 2.54. The second-order valence-corrected chi connectivity index (χ2v) is 5.41. The average molecular weight is 326 g/mol. The Bertz CT molecular complexity index is 689. The molecular weight excluding hydrogens is 304 g/mol. The van der Waals surface area contributed by atoms with E-state index in [0.29, 0.717) is 12.4 Å². The normalized spacial score (nSPS) is 10.6. The summed E-state index contributed by atoms with van der Waals surface area (Å²) in [7, 11) is 0. The van der Waals surface area contributed by atoms with Crippen LogP contribution in [0.15, 0.2) is 47.6 Å². The maximum Gasteiger partial charge on any atom is 0.277 e. The quantitative estimate of drug-likeness (QED) is 0.628. The zero-order chi connectivity index (χ0) is 17.4. The lowest BCUT2D eigenvalue weighted by Crippen LogP contribution is -2.24. The first-order valence-corrected chi connectivity index (χ1v) is 7.82. The van der Waals surface area contributed by atoms with E-state index >= 15 is 0 Å². The summed E-state index contributed by atoms with van der Waals surface area (Å²) in [5, 5.41) is 3.92. The van der Waals surface area contributed by atoms with Gasteiger partial charge in [-0.2, -0.15) is 5.10 Å². The van der Waals surface area contributed by atoms with Crippen molar-refractivity contribution in [3.63, 3.8) is 0 Å². The maximum absolute atomic E-state index is 11.7. The predicted octanol–water partition coefficient (Wildman–Crippen LogP) is 3.23. The van der Waals surface area contributed by atoms with Crippen molar-refractivity contribution in [3.05, 3.63) is 59.2 Å². The largest absolute Gasteiger partial charge is 0.494 e. The van der Waals surface area contributed by atoms with Gasteiger partial charge in [0, 0.05) is 0 Å². The Hall–Kier alpha value is -2.82. The lowest BCUT2D eigenvalue weighted by atomic mass is 10.1. The molecule has 0 fully saturated rings. The van der Waals surface area contributed by atoms with Crippen molar-refractivity contribution in [1.82, 2.24) is 5.43 Å². The zero-order valence-electron chi connectivity index (χ0n) is 14.2. The molecule has 2 aromatic carbocycles. The minimum absolute atomic E-state index is 0.0799. The number of hydrogen-bond acceptors (Lipinski definition) is 4. The van der Waals surface area contributed by atoms with Crippen molar-refractivity contribution < 1.29 is 14.3 Å². The second kappa shape index (κ2) is 8.72. The van der Waals surface area contributed by atoms with E-state index in [0.717, 1.165) is 22.4 Å². The third-order valence-electron chi connectivity index (χ3n) is 3.16. The number of benzene rings is 2. The van der Waals surface area contributed by atoms with E-state index in [4.69, 9.17) is 9.47 Å². The van der Waals surface area contributed by atoms with E-state index in [2.05, 4.69) is 10.5 Å². The molecule has 0 aliphatic carbocycles. The molecule has 0 spiro atoms. The van der Waals surface area contributed by atoms with Crippen molar-refractivity contribution in [1.29, 1.82) is 0 Å². The predicted molar refractivity (Wildman–Crippen MR) is 94.8 cm³/mol. The summed E-state index contributed by atoms with van der Waals surface area (Å²) >= 11 is 0. The highest BCUT2D eigenvalue weighted by molar-refractivity contribution is 5.83. The summed E-state index contributed by atoms with van der Waals surface area (Å²) in [6.07, 6.45) is 1.57. The van der Waals surface area contributed by atoms with Crippen LogP contribution in [-0.4, -0.2) is 25.3 Å². The summed E-state index contributed by atoms with van der Waals surface area (Å²) in [4.78, 5) is 11.7. The maximum atomic E-state index is 11.7. The number of amides is 1. The molecule has 126 valence electrons. The Morgan fingerprint density at radius 1 is 1.04 bits per heavy atom. The molecule has 0 atom stereocenters. The number of nitrogens with one attached hydrogen (secondary N) is 1. The Kier molecular flexibility index (Phi) is 6.37. The number of carbonyl (C=O) groups is 1. The zero-order valence-corrected chi connectivity index (χ0v) is 14.2. The number of hydrazone groups is 1. The van der Waals surface area contributed by atoms with E-state index < -0.39 is 0 Å². The van der Waals surface area contributed by atoms with E-state index in [-0.39, 0.29) is 12.5 Å². The molecule has 5 heteroatoms. The lowest BCUT2D eigenvalue weighted by molar-refractivity contribution is -0.123. The number of carbonyl (C=O) groups excluding carboxylic acids is 1. The minimum atomic E-state index is -0.309. The van der Waals surface area contributed by atoms with Crippen molar-refractivity contribution >= 4 is 12.1 Å². The van der Waals surface area contributed by atoms with Crippen LogP contribution < -0.4 is 14.9 Å². The number of ether oxygens (including phenoxy) is 2. The van der Waals surface area contributed by atoms with Gasteiger partial charge in [0.15, 0.2) is 6.61 Å². The second-order valence-electron chi connectivity index (χ2n) is 5.41. The molecule has 1 amide bonds. The molecule has 24 heavy (non-hydrogen) atoms. The summed E-state index contributed by atoms with van der Waals surface area (Å²) in [5.74, 6) is 1.18. The van der Waals surface area contributed by atoms with Gasteiger partial charge in [-0.25, -0.2) is 5.43 Å². The highest BCUT2D eigenvalue weighted by Gasteiger charge is 2.02.